The van der Waals surface area contributed by atoms with Crippen LogP contribution in [0.3, 0.4) is 0 Å². The van der Waals surface area contributed by atoms with Gasteiger partial charge in [0.05, 0.1) is 17.2 Å². The van der Waals surface area contributed by atoms with Gasteiger partial charge in [-0.2, -0.15) is 5.10 Å². The van der Waals surface area contributed by atoms with Crippen LogP contribution in [0.4, 0.5) is 0 Å². The van der Waals surface area contributed by atoms with E-state index >= 15 is 0 Å². The van der Waals surface area contributed by atoms with E-state index in [4.69, 9.17) is 22.1 Å². The summed E-state index contributed by atoms with van der Waals surface area (Å²) < 4.78 is 8.26. The summed E-state index contributed by atoms with van der Waals surface area (Å²) in [6.45, 7) is 9.03. The van der Waals surface area contributed by atoms with Gasteiger partial charge in [-0.05, 0) is 55.3 Å². The highest BCUT2D eigenvalue weighted by Crippen LogP contribution is 2.36. The highest BCUT2D eigenvalue weighted by molar-refractivity contribution is 8.26. The zero-order valence-electron chi connectivity index (χ0n) is 19.4. The number of benzene rings is 2. The quantitative estimate of drug-likeness (QED) is 0.150. The average molecular weight is 490 g/mol. The number of hydrogen-bond donors (Lipinski definition) is 0. The molecule has 2 heterocycles. The van der Waals surface area contributed by atoms with Gasteiger partial charge < -0.3 is 4.74 Å². The highest BCUT2D eigenvalue weighted by Gasteiger charge is 2.31. The molecule has 0 atom stereocenters. The largest absolute Gasteiger partial charge is 0.494 e. The van der Waals surface area contributed by atoms with Gasteiger partial charge in [-0.1, -0.05) is 61.6 Å². The summed E-state index contributed by atoms with van der Waals surface area (Å²) in [7, 11) is 0. The van der Waals surface area contributed by atoms with Crippen molar-refractivity contribution < 1.29 is 9.53 Å². The summed E-state index contributed by atoms with van der Waals surface area (Å²) in [6, 6.07) is 16.0. The lowest BCUT2D eigenvalue weighted by Gasteiger charge is -2.10. The molecule has 0 radical (unpaired) electrons. The van der Waals surface area contributed by atoms with Crippen LogP contribution < -0.4 is 4.74 Å². The predicted octanol–water partition coefficient (Wildman–Crippen LogP) is 6.41. The summed E-state index contributed by atoms with van der Waals surface area (Å²) in [5.74, 6) is 0.744. The molecule has 1 amide bonds. The molecule has 1 aromatic heterocycles. The first-order valence-electron chi connectivity index (χ1n) is 11.3. The van der Waals surface area contributed by atoms with Crippen molar-refractivity contribution in [1.82, 2.24) is 14.7 Å². The number of thioether (sulfide) groups is 1. The molecule has 1 saturated heterocycles. The molecule has 0 N–H and O–H groups in total. The van der Waals surface area contributed by atoms with Gasteiger partial charge in [0.1, 0.15) is 15.8 Å². The lowest BCUT2D eigenvalue weighted by Crippen LogP contribution is -2.27. The third-order valence-corrected chi connectivity index (χ3v) is 6.83. The number of aromatic nitrogens is 2. The first-order chi connectivity index (χ1) is 16.5. The number of ether oxygens (including phenoxy) is 1. The summed E-state index contributed by atoms with van der Waals surface area (Å²) >= 11 is 6.72. The number of carbonyl (C=O) groups is 1. The number of rotatable bonds is 9. The number of amides is 1. The van der Waals surface area contributed by atoms with Crippen molar-refractivity contribution in [2.45, 2.75) is 26.7 Å². The Balaban J connectivity index is 1.75. The Morgan fingerprint density at radius 1 is 1.21 bits per heavy atom. The zero-order chi connectivity index (χ0) is 24.1. The summed E-state index contributed by atoms with van der Waals surface area (Å²) in [4.78, 5) is 15.1. The second kappa shape index (κ2) is 10.8. The molecule has 174 valence electrons. The molecule has 1 aliphatic rings. The minimum absolute atomic E-state index is 0.107. The van der Waals surface area contributed by atoms with E-state index in [1.54, 1.807) is 11.0 Å². The number of hydrogen-bond acceptors (Lipinski definition) is 5. The molecular formula is C27H27N3O2S2. The number of unbranched alkanes of at least 4 members (excludes halogenated alkanes) is 1. The fraction of sp³-hybridized carbons (Fsp3) is 0.222. The van der Waals surface area contributed by atoms with Crippen LogP contribution in [0.25, 0.3) is 23.0 Å². The molecule has 3 aromatic rings. The van der Waals surface area contributed by atoms with Crippen LogP contribution in [0.5, 0.6) is 5.75 Å². The van der Waals surface area contributed by atoms with Gasteiger partial charge in [0.15, 0.2) is 0 Å². The van der Waals surface area contributed by atoms with Crippen molar-refractivity contribution in [3.63, 3.8) is 0 Å². The van der Waals surface area contributed by atoms with E-state index in [1.165, 1.54) is 11.8 Å². The van der Waals surface area contributed by atoms with Crippen molar-refractivity contribution in [3.05, 3.63) is 83.4 Å². The molecule has 0 aliphatic carbocycles. The summed E-state index contributed by atoms with van der Waals surface area (Å²) in [5.41, 5.74) is 4.65. The number of aryl methyl sites for hydroxylation is 1. The zero-order valence-corrected chi connectivity index (χ0v) is 21.0. The molecular weight excluding hydrogens is 462 g/mol. The van der Waals surface area contributed by atoms with Gasteiger partial charge in [0.25, 0.3) is 5.91 Å². The Bertz CT molecular complexity index is 1250. The minimum atomic E-state index is -0.107. The van der Waals surface area contributed by atoms with Gasteiger partial charge >= 0.3 is 0 Å². The van der Waals surface area contributed by atoms with Crippen LogP contribution in [0.15, 0.2) is 72.3 Å². The van der Waals surface area contributed by atoms with Gasteiger partial charge in [0.2, 0.25) is 0 Å². The molecule has 0 spiro atoms. The molecule has 0 bridgehead atoms. The molecule has 1 fully saturated rings. The summed E-state index contributed by atoms with van der Waals surface area (Å²) in [5, 5.41) is 4.91. The molecule has 0 saturated carbocycles. The topological polar surface area (TPSA) is 47.4 Å². The fourth-order valence-corrected chi connectivity index (χ4v) is 4.93. The fourth-order valence-electron chi connectivity index (χ4n) is 3.67. The van der Waals surface area contributed by atoms with E-state index in [0.29, 0.717) is 22.4 Å². The third kappa shape index (κ3) is 5.16. The van der Waals surface area contributed by atoms with Crippen molar-refractivity contribution in [1.29, 1.82) is 0 Å². The molecule has 7 heteroatoms. The number of thiocarbonyl (C=S) groups is 1. The lowest BCUT2D eigenvalue weighted by atomic mass is 10.0. The molecule has 34 heavy (non-hydrogen) atoms. The van der Waals surface area contributed by atoms with Crippen molar-refractivity contribution in [2.24, 2.45) is 0 Å². The Morgan fingerprint density at radius 3 is 2.71 bits per heavy atom. The van der Waals surface area contributed by atoms with Crippen LogP contribution in [0.1, 0.15) is 30.9 Å². The summed E-state index contributed by atoms with van der Waals surface area (Å²) in [6.07, 6.45) is 7.64. The van der Waals surface area contributed by atoms with Crippen LogP contribution in [0.2, 0.25) is 0 Å². The second-order valence-electron chi connectivity index (χ2n) is 7.97. The highest BCUT2D eigenvalue weighted by atomic mass is 32.2. The van der Waals surface area contributed by atoms with Crippen molar-refractivity contribution >= 4 is 40.3 Å². The maximum atomic E-state index is 12.9. The van der Waals surface area contributed by atoms with E-state index in [2.05, 4.69) is 20.4 Å². The minimum Gasteiger partial charge on any atom is -0.494 e. The van der Waals surface area contributed by atoms with Gasteiger partial charge in [0, 0.05) is 23.9 Å². The Hall–Kier alpha value is -3.16. The molecule has 0 unspecified atom stereocenters. The van der Waals surface area contributed by atoms with Crippen LogP contribution >= 0.6 is 24.0 Å². The van der Waals surface area contributed by atoms with Crippen molar-refractivity contribution in [2.75, 3.05) is 13.2 Å². The van der Waals surface area contributed by atoms with Crippen LogP contribution in [0, 0.1) is 6.92 Å². The van der Waals surface area contributed by atoms with E-state index in [9.17, 15) is 4.79 Å². The Kier molecular flexibility index (Phi) is 7.65. The van der Waals surface area contributed by atoms with Crippen molar-refractivity contribution in [3.8, 4) is 22.7 Å². The lowest BCUT2D eigenvalue weighted by molar-refractivity contribution is -0.121. The molecule has 2 aromatic carbocycles. The maximum Gasteiger partial charge on any atom is 0.266 e. The maximum absolute atomic E-state index is 12.9. The smallest absolute Gasteiger partial charge is 0.266 e. The molecule has 4 rings (SSSR count). The van der Waals surface area contributed by atoms with E-state index in [-0.39, 0.29) is 5.91 Å². The Labute approximate surface area is 210 Å². The monoisotopic (exact) mass is 489 g/mol. The Morgan fingerprint density at radius 2 is 2.00 bits per heavy atom. The van der Waals surface area contributed by atoms with E-state index < -0.39 is 0 Å². The number of carbonyl (C=O) groups excluding carboxylic acids is 1. The van der Waals surface area contributed by atoms with Gasteiger partial charge in [-0.3, -0.25) is 9.69 Å². The molecule has 1 aliphatic heterocycles. The van der Waals surface area contributed by atoms with Gasteiger partial charge in [-0.25, -0.2) is 4.68 Å². The van der Waals surface area contributed by atoms with Crippen LogP contribution in [-0.2, 0) is 4.79 Å². The second-order valence-corrected chi connectivity index (χ2v) is 9.65. The van der Waals surface area contributed by atoms with E-state index in [1.807, 2.05) is 65.5 Å². The first kappa shape index (κ1) is 24.0. The number of nitrogens with zero attached hydrogens (tertiary/aromatic N) is 3. The average Bonchev–Trinajstić information content (AvgIpc) is 3.36. The van der Waals surface area contributed by atoms with Crippen LogP contribution in [-0.4, -0.2) is 38.1 Å². The molecule has 5 nitrogen and oxygen atoms in total. The van der Waals surface area contributed by atoms with E-state index in [0.717, 1.165) is 46.7 Å². The predicted molar refractivity (Wildman–Crippen MR) is 144 cm³/mol. The number of para-hydroxylation sites is 1. The standard InChI is InChI=1S/C27H27N3O2S2/c1-4-6-15-32-22-12-13-23(19(3)16-22)25-20(18-30(28-25)21-10-8-7-9-11-21)17-24-26(31)29(14-5-2)27(33)34-24/h5,7-13,16-18H,2,4,6,14-15H2,1,3H3. The third-order valence-electron chi connectivity index (χ3n) is 5.45. The first-order valence-corrected chi connectivity index (χ1v) is 12.5. The van der Waals surface area contributed by atoms with Gasteiger partial charge in [-0.15, -0.1) is 6.58 Å². The SMILES string of the molecule is C=CCN1C(=O)C(=Cc2cn(-c3ccccc3)nc2-c2ccc(OCCCC)cc2C)SC1=S. The normalized spacial score (nSPS) is 14.8.